The summed E-state index contributed by atoms with van der Waals surface area (Å²) in [5, 5.41) is 0. The topological polar surface area (TPSA) is 38.5 Å². The summed E-state index contributed by atoms with van der Waals surface area (Å²) >= 11 is 0. The van der Waals surface area contributed by atoms with E-state index in [4.69, 9.17) is 10.5 Å². The molecule has 0 bridgehead atoms. The Hall–Kier alpha value is -0.120. The summed E-state index contributed by atoms with van der Waals surface area (Å²) in [6.45, 7) is 7.58. The van der Waals surface area contributed by atoms with Crippen molar-refractivity contribution in [2.75, 3.05) is 19.7 Å². The highest BCUT2D eigenvalue weighted by molar-refractivity contribution is 4.88. The lowest BCUT2D eigenvalue weighted by atomic mass is 9.88. The Labute approximate surface area is 106 Å². The predicted molar refractivity (Wildman–Crippen MR) is 71.0 cm³/mol. The number of ether oxygens (including phenoxy) is 1. The maximum absolute atomic E-state index is 5.96. The molecule has 3 nitrogen and oxygen atoms in total. The molecule has 4 atom stereocenters. The normalized spacial score (nSPS) is 40.4. The van der Waals surface area contributed by atoms with Crippen LogP contribution in [0, 0.1) is 5.92 Å². The zero-order chi connectivity index (χ0) is 12.3. The quantitative estimate of drug-likeness (QED) is 0.820. The Morgan fingerprint density at radius 2 is 2.12 bits per heavy atom. The van der Waals surface area contributed by atoms with Gasteiger partial charge in [-0.25, -0.2) is 0 Å². The summed E-state index contributed by atoms with van der Waals surface area (Å²) in [7, 11) is 0. The molecular weight excluding hydrogens is 212 g/mol. The second-order valence-electron chi connectivity index (χ2n) is 5.84. The Kier molecular flexibility index (Phi) is 4.83. The van der Waals surface area contributed by atoms with Gasteiger partial charge in [-0.3, -0.25) is 4.90 Å². The van der Waals surface area contributed by atoms with Gasteiger partial charge in [0.2, 0.25) is 0 Å². The average Bonchev–Trinajstić information content (AvgIpc) is 2.38. The number of hydrogen-bond acceptors (Lipinski definition) is 3. The van der Waals surface area contributed by atoms with Crippen LogP contribution >= 0.6 is 0 Å². The van der Waals surface area contributed by atoms with Crippen LogP contribution in [-0.4, -0.2) is 42.8 Å². The molecule has 4 unspecified atom stereocenters. The molecule has 2 aliphatic heterocycles. The molecule has 2 heterocycles. The molecule has 2 fully saturated rings. The van der Waals surface area contributed by atoms with Crippen LogP contribution in [0.3, 0.4) is 0 Å². The Bertz CT molecular complexity index is 234. The SMILES string of the molecule is CCC1CC(N2CCC(C)CC2CN)CCO1. The number of nitrogens with zero attached hydrogens (tertiary/aromatic N) is 1. The van der Waals surface area contributed by atoms with E-state index in [1.807, 2.05) is 0 Å². The van der Waals surface area contributed by atoms with Crippen molar-refractivity contribution >= 4 is 0 Å². The molecule has 2 saturated heterocycles. The van der Waals surface area contributed by atoms with Crippen molar-refractivity contribution in [1.82, 2.24) is 4.90 Å². The van der Waals surface area contributed by atoms with Gasteiger partial charge in [-0.1, -0.05) is 13.8 Å². The number of nitrogens with two attached hydrogens (primary N) is 1. The molecule has 0 radical (unpaired) electrons. The molecule has 2 rings (SSSR count). The minimum atomic E-state index is 0.478. The van der Waals surface area contributed by atoms with Gasteiger partial charge in [0.25, 0.3) is 0 Å². The van der Waals surface area contributed by atoms with Crippen molar-refractivity contribution in [2.45, 2.75) is 64.1 Å². The number of likely N-dealkylation sites (tertiary alicyclic amines) is 1. The van der Waals surface area contributed by atoms with Crippen LogP contribution in [0.15, 0.2) is 0 Å². The molecule has 17 heavy (non-hydrogen) atoms. The highest BCUT2D eigenvalue weighted by atomic mass is 16.5. The average molecular weight is 240 g/mol. The number of hydrogen-bond donors (Lipinski definition) is 1. The van der Waals surface area contributed by atoms with Crippen molar-refractivity contribution in [3.8, 4) is 0 Å². The van der Waals surface area contributed by atoms with E-state index in [-0.39, 0.29) is 0 Å². The minimum Gasteiger partial charge on any atom is -0.378 e. The van der Waals surface area contributed by atoms with Crippen molar-refractivity contribution in [1.29, 1.82) is 0 Å². The first-order valence-electron chi connectivity index (χ1n) is 7.32. The van der Waals surface area contributed by atoms with Crippen LogP contribution in [-0.2, 0) is 4.74 Å². The summed E-state index contributed by atoms with van der Waals surface area (Å²) in [5.74, 6) is 0.849. The van der Waals surface area contributed by atoms with E-state index in [1.54, 1.807) is 0 Å². The lowest BCUT2D eigenvalue weighted by molar-refractivity contribution is -0.0470. The van der Waals surface area contributed by atoms with Crippen molar-refractivity contribution in [3.05, 3.63) is 0 Å². The van der Waals surface area contributed by atoms with Crippen molar-refractivity contribution in [2.24, 2.45) is 11.7 Å². The summed E-state index contributed by atoms with van der Waals surface area (Å²) in [5.41, 5.74) is 5.96. The van der Waals surface area contributed by atoms with Gasteiger partial charge in [-0.05, 0) is 44.6 Å². The monoisotopic (exact) mass is 240 g/mol. The lowest BCUT2D eigenvalue weighted by Crippen LogP contribution is -2.53. The third-order valence-corrected chi connectivity index (χ3v) is 4.56. The van der Waals surface area contributed by atoms with Gasteiger partial charge in [0.05, 0.1) is 6.10 Å². The van der Waals surface area contributed by atoms with Gasteiger partial charge in [0.1, 0.15) is 0 Å². The first-order chi connectivity index (χ1) is 8.24. The molecular formula is C14H28N2O. The third kappa shape index (κ3) is 3.21. The molecule has 0 aromatic rings. The first kappa shape index (κ1) is 13.3. The van der Waals surface area contributed by atoms with Crippen LogP contribution in [0.5, 0.6) is 0 Å². The van der Waals surface area contributed by atoms with Crippen LogP contribution in [0.25, 0.3) is 0 Å². The van der Waals surface area contributed by atoms with Crippen molar-refractivity contribution in [3.63, 3.8) is 0 Å². The Morgan fingerprint density at radius 3 is 2.82 bits per heavy atom. The van der Waals surface area contributed by atoms with Crippen LogP contribution < -0.4 is 5.73 Å². The van der Waals surface area contributed by atoms with Gasteiger partial charge in [-0.15, -0.1) is 0 Å². The summed E-state index contributed by atoms with van der Waals surface area (Å²) in [6.07, 6.45) is 6.65. The first-order valence-corrected chi connectivity index (χ1v) is 7.32. The molecule has 0 aromatic heterocycles. The summed E-state index contributed by atoms with van der Waals surface area (Å²) in [6, 6.07) is 1.33. The van der Waals surface area contributed by atoms with E-state index < -0.39 is 0 Å². The van der Waals surface area contributed by atoms with Crippen LogP contribution in [0.1, 0.15) is 46.0 Å². The fourth-order valence-corrected chi connectivity index (χ4v) is 3.43. The highest BCUT2D eigenvalue weighted by Gasteiger charge is 2.33. The Balaban J connectivity index is 1.95. The molecule has 0 aliphatic carbocycles. The van der Waals surface area contributed by atoms with Gasteiger partial charge in [0, 0.05) is 25.2 Å². The fraction of sp³-hybridized carbons (Fsp3) is 1.00. The smallest absolute Gasteiger partial charge is 0.0587 e. The zero-order valence-electron chi connectivity index (χ0n) is 11.4. The third-order valence-electron chi connectivity index (χ3n) is 4.56. The highest BCUT2D eigenvalue weighted by Crippen LogP contribution is 2.29. The molecule has 0 amide bonds. The molecule has 0 spiro atoms. The largest absolute Gasteiger partial charge is 0.378 e. The summed E-state index contributed by atoms with van der Waals surface area (Å²) in [4.78, 5) is 2.69. The van der Waals surface area contributed by atoms with E-state index in [2.05, 4.69) is 18.7 Å². The number of rotatable bonds is 3. The summed E-state index contributed by atoms with van der Waals surface area (Å²) < 4.78 is 5.78. The van der Waals surface area contributed by atoms with E-state index >= 15 is 0 Å². The van der Waals surface area contributed by atoms with Gasteiger partial charge >= 0.3 is 0 Å². The van der Waals surface area contributed by atoms with E-state index in [1.165, 1.54) is 32.2 Å². The minimum absolute atomic E-state index is 0.478. The molecule has 100 valence electrons. The molecule has 2 N–H and O–H groups in total. The Morgan fingerprint density at radius 1 is 1.29 bits per heavy atom. The zero-order valence-corrected chi connectivity index (χ0v) is 11.4. The molecule has 0 aromatic carbocycles. The maximum Gasteiger partial charge on any atom is 0.0587 e. The standard InChI is InChI=1S/C14H28N2O/c1-3-14-9-12(5-7-17-14)16-6-4-11(2)8-13(16)10-15/h11-14H,3-10,15H2,1-2H3. The van der Waals surface area contributed by atoms with Gasteiger partial charge < -0.3 is 10.5 Å². The van der Waals surface area contributed by atoms with Gasteiger partial charge in [0.15, 0.2) is 0 Å². The molecule has 0 saturated carbocycles. The predicted octanol–water partition coefficient (Wildman–Crippen LogP) is 2.00. The van der Waals surface area contributed by atoms with Crippen LogP contribution in [0.4, 0.5) is 0 Å². The van der Waals surface area contributed by atoms with E-state index in [0.29, 0.717) is 12.1 Å². The maximum atomic E-state index is 5.96. The van der Waals surface area contributed by atoms with E-state index in [0.717, 1.165) is 31.5 Å². The second-order valence-corrected chi connectivity index (χ2v) is 5.84. The number of piperidine rings is 1. The lowest BCUT2D eigenvalue weighted by Gasteiger charge is -2.45. The van der Waals surface area contributed by atoms with E-state index in [9.17, 15) is 0 Å². The molecule has 3 heteroatoms. The second kappa shape index (κ2) is 6.17. The van der Waals surface area contributed by atoms with Crippen molar-refractivity contribution < 1.29 is 4.74 Å². The molecule has 2 aliphatic rings. The van der Waals surface area contributed by atoms with Crippen LogP contribution in [0.2, 0.25) is 0 Å². The van der Waals surface area contributed by atoms with Gasteiger partial charge in [-0.2, -0.15) is 0 Å². The fourth-order valence-electron chi connectivity index (χ4n) is 3.43.